The van der Waals surface area contributed by atoms with E-state index in [9.17, 15) is 23.3 Å². The molecule has 10 nitrogen and oxygen atoms in total. The SMILES string of the molecule is C/C(=N\NC(=O)CN(c1ccc(Oc2ccccc2)cc1)S(C)(=O)=O)c1cccc([N+](=O)[O-])c1. The minimum absolute atomic E-state index is 0.110. The first-order chi connectivity index (χ1) is 16.1. The highest BCUT2D eigenvalue weighted by Crippen LogP contribution is 2.25. The van der Waals surface area contributed by atoms with Crippen LogP contribution in [0.5, 0.6) is 11.5 Å². The number of rotatable bonds is 9. The van der Waals surface area contributed by atoms with Crippen molar-refractivity contribution in [3.63, 3.8) is 0 Å². The van der Waals surface area contributed by atoms with Crippen LogP contribution in [0.15, 0.2) is 84.0 Å². The number of nitrogens with zero attached hydrogens (tertiary/aromatic N) is 3. The Balaban J connectivity index is 1.70. The number of nitrogens with one attached hydrogen (secondary N) is 1. The molecule has 0 aromatic heterocycles. The minimum atomic E-state index is -3.78. The van der Waals surface area contributed by atoms with Gasteiger partial charge >= 0.3 is 0 Å². The Morgan fingerprint density at radius 2 is 1.68 bits per heavy atom. The lowest BCUT2D eigenvalue weighted by molar-refractivity contribution is -0.384. The first-order valence-corrected chi connectivity index (χ1v) is 11.9. The number of non-ortho nitro benzene ring substituents is 1. The maximum Gasteiger partial charge on any atom is 0.270 e. The molecule has 3 rings (SSSR count). The molecular formula is C23H22N4O6S. The molecule has 0 atom stereocenters. The summed E-state index contributed by atoms with van der Waals surface area (Å²) < 4.78 is 31.3. The summed E-state index contributed by atoms with van der Waals surface area (Å²) in [6, 6.07) is 21.1. The molecule has 1 amide bonds. The van der Waals surface area contributed by atoms with Gasteiger partial charge < -0.3 is 4.74 Å². The highest BCUT2D eigenvalue weighted by molar-refractivity contribution is 7.92. The van der Waals surface area contributed by atoms with Gasteiger partial charge in [0.1, 0.15) is 18.0 Å². The number of benzene rings is 3. The summed E-state index contributed by atoms with van der Waals surface area (Å²) >= 11 is 0. The number of nitro benzene ring substituents is 1. The third-order valence-electron chi connectivity index (χ3n) is 4.61. The van der Waals surface area contributed by atoms with Crippen molar-refractivity contribution >= 4 is 33.0 Å². The fourth-order valence-electron chi connectivity index (χ4n) is 2.93. The number of nitro groups is 1. The van der Waals surface area contributed by atoms with Gasteiger partial charge in [0, 0.05) is 17.7 Å². The number of para-hydroxylation sites is 1. The van der Waals surface area contributed by atoms with E-state index in [0.29, 0.717) is 22.8 Å². The van der Waals surface area contributed by atoms with Gasteiger partial charge in [0.2, 0.25) is 10.0 Å². The Morgan fingerprint density at radius 3 is 2.29 bits per heavy atom. The van der Waals surface area contributed by atoms with Gasteiger partial charge in [-0.2, -0.15) is 5.10 Å². The number of sulfonamides is 1. The Labute approximate surface area is 196 Å². The monoisotopic (exact) mass is 482 g/mol. The molecule has 1 N–H and O–H groups in total. The van der Waals surface area contributed by atoms with Gasteiger partial charge in [0.15, 0.2) is 0 Å². The summed E-state index contributed by atoms with van der Waals surface area (Å²) in [6.45, 7) is 1.06. The van der Waals surface area contributed by atoms with Crippen molar-refractivity contribution in [3.05, 3.63) is 94.5 Å². The van der Waals surface area contributed by atoms with Crippen LogP contribution in [0.3, 0.4) is 0 Å². The predicted molar refractivity (Wildman–Crippen MR) is 129 cm³/mol. The number of hydrazone groups is 1. The summed E-state index contributed by atoms with van der Waals surface area (Å²) in [5.41, 5.74) is 3.23. The first-order valence-electron chi connectivity index (χ1n) is 10.0. The van der Waals surface area contributed by atoms with Gasteiger partial charge in [-0.15, -0.1) is 0 Å². The van der Waals surface area contributed by atoms with Gasteiger partial charge in [-0.3, -0.25) is 19.2 Å². The van der Waals surface area contributed by atoms with E-state index in [0.717, 1.165) is 10.6 Å². The summed E-state index contributed by atoms with van der Waals surface area (Å²) in [5, 5.41) is 14.9. The third kappa shape index (κ3) is 6.62. The minimum Gasteiger partial charge on any atom is -0.457 e. The lowest BCUT2D eigenvalue weighted by atomic mass is 10.1. The third-order valence-corrected chi connectivity index (χ3v) is 5.75. The molecule has 0 saturated carbocycles. The van der Waals surface area contributed by atoms with Crippen LogP contribution in [-0.2, 0) is 14.8 Å². The lowest BCUT2D eigenvalue weighted by Crippen LogP contribution is -2.39. The average Bonchev–Trinajstić information content (AvgIpc) is 2.81. The van der Waals surface area contributed by atoms with Crippen LogP contribution >= 0.6 is 0 Å². The molecule has 0 aliphatic carbocycles. The Bertz CT molecular complexity index is 1310. The molecule has 3 aromatic rings. The maximum atomic E-state index is 12.4. The van der Waals surface area contributed by atoms with Crippen molar-refractivity contribution in [1.29, 1.82) is 0 Å². The number of amides is 1. The van der Waals surface area contributed by atoms with E-state index in [1.807, 2.05) is 18.2 Å². The van der Waals surface area contributed by atoms with Crippen molar-refractivity contribution in [3.8, 4) is 11.5 Å². The van der Waals surface area contributed by atoms with E-state index in [4.69, 9.17) is 4.74 Å². The van der Waals surface area contributed by atoms with E-state index in [1.54, 1.807) is 37.3 Å². The molecule has 0 aliphatic heterocycles. The summed E-state index contributed by atoms with van der Waals surface area (Å²) in [5.74, 6) is 0.455. The zero-order chi connectivity index (χ0) is 24.7. The van der Waals surface area contributed by atoms with Crippen LogP contribution in [0.25, 0.3) is 0 Å². The highest BCUT2D eigenvalue weighted by atomic mass is 32.2. The van der Waals surface area contributed by atoms with Crippen molar-refractivity contribution in [1.82, 2.24) is 5.43 Å². The zero-order valence-corrected chi connectivity index (χ0v) is 19.2. The fraction of sp³-hybridized carbons (Fsp3) is 0.130. The molecule has 0 aliphatic rings. The molecular weight excluding hydrogens is 460 g/mol. The molecule has 0 bridgehead atoms. The Morgan fingerprint density at radius 1 is 1.03 bits per heavy atom. The standard InChI is InChI=1S/C23H22N4O6S/c1-17(18-7-6-8-20(15-18)27(29)30)24-25-23(28)16-26(34(2,31)32)19-11-13-22(14-12-19)33-21-9-4-3-5-10-21/h3-15H,16H2,1-2H3,(H,25,28)/b24-17+. The van der Waals surface area contributed by atoms with Gasteiger partial charge in [-0.1, -0.05) is 30.3 Å². The molecule has 176 valence electrons. The van der Waals surface area contributed by atoms with Crippen LogP contribution in [-0.4, -0.2) is 37.8 Å². The fourth-order valence-corrected chi connectivity index (χ4v) is 3.78. The number of ether oxygens (including phenoxy) is 1. The molecule has 0 fully saturated rings. The Kier molecular flexibility index (Phi) is 7.59. The van der Waals surface area contributed by atoms with Crippen LogP contribution in [0, 0.1) is 10.1 Å². The zero-order valence-electron chi connectivity index (χ0n) is 18.4. The van der Waals surface area contributed by atoms with Crippen molar-refractivity contribution in [2.45, 2.75) is 6.92 Å². The molecule has 11 heteroatoms. The van der Waals surface area contributed by atoms with E-state index in [-0.39, 0.29) is 11.4 Å². The Hall–Kier alpha value is -4.25. The topological polar surface area (TPSA) is 131 Å². The molecule has 0 spiro atoms. The van der Waals surface area contributed by atoms with Crippen LogP contribution < -0.4 is 14.5 Å². The second kappa shape index (κ2) is 10.6. The number of hydrogen-bond acceptors (Lipinski definition) is 7. The molecule has 0 radical (unpaired) electrons. The smallest absolute Gasteiger partial charge is 0.270 e. The molecule has 0 heterocycles. The van der Waals surface area contributed by atoms with Crippen molar-refractivity contribution in [2.24, 2.45) is 5.10 Å². The predicted octanol–water partition coefficient (Wildman–Crippen LogP) is 3.69. The highest BCUT2D eigenvalue weighted by Gasteiger charge is 2.21. The van der Waals surface area contributed by atoms with Gasteiger partial charge in [0.25, 0.3) is 11.6 Å². The first kappa shape index (κ1) is 24.4. The van der Waals surface area contributed by atoms with Crippen molar-refractivity contribution < 1.29 is 22.9 Å². The average molecular weight is 483 g/mol. The largest absolute Gasteiger partial charge is 0.457 e. The summed E-state index contributed by atoms with van der Waals surface area (Å²) in [4.78, 5) is 22.8. The van der Waals surface area contributed by atoms with E-state index < -0.39 is 27.4 Å². The van der Waals surface area contributed by atoms with E-state index >= 15 is 0 Å². The molecule has 3 aromatic carbocycles. The number of hydrogen-bond donors (Lipinski definition) is 1. The number of carbonyl (C=O) groups is 1. The van der Waals surface area contributed by atoms with E-state index in [1.165, 1.54) is 30.3 Å². The quantitative estimate of drug-likeness (QED) is 0.281. The summed E-state index contributed by atoms with van der Waals surface area (Å²) in [6.07, 6.45) is 0.992. The van der Waals surface area contributed by atoms with Crippen LogP contribution in [0.2, 0.25) is 0 Å². The van der Waals surface area contributed by atoms with Gasteiger partial charge in [-0.25, -0.2) is 13.8 Å². The van der Waals surface area contributed by atoms with Crippen LogP contribution in [0.4, 0.5) is 11.4 Å². The lowest BCUT2D eigenvalue weighted by Gasteiger charge is -2.21. The second-order valence-corrected chi connectivity index (χ2v) is 9.13. The van der Waals surface area contributed by atoms with Crippen LogP contribution in [0.1, 0.15) is 12.5 Å². The molecule has 0 unspecified atom stereocenters. The second-order valence-electron chi connectivity index (χ2n) is 7.22. The van der Waals surface area contributed by atoms with E-state index in [2.05, 4.69) is 10.5 Å². The van der Waals surface area contributed by atoms with Crippen molar-refractivity contribution in [2.75, 3.05) is 17.1 Å². The van der Waals surface area contributed by atoms with Gasteiger partial charge in [0.05, 0.1) is 22.6 Å². The normalized spacial score (nSPS) is 11.5. The maximum absolute atomic E-state index is 12.4. The number of carbonyl (C=O) groups excluding carboxylic acids is 1. The van der Waals surface area contributed by atoms with Gasteiger partial charge in [-0.05, 0) is 43.3 Å². The molecule has 34 heavy (non-hydrogen) atoms. The molecule has 0 saturated heterocycles. The summed E-state index contributed by atoms with van der Waals surface area (Å²) in [7, 11) is -3.78. The number of anilines is 1.